The number of hydrogen-bond acceptors (Lipinski definition) is 2. The minimum atomic E-state index is 0.538. The standard InChI is InChI=1S/C14H25N5/c1-19-11-12(10-17-19)6-5-9-16-14(15)18-13-7-3-2-4-8-13/h10-11,13H,2-9H2,1H3,(H3,15,16,18). The summed E-state index contributed by atoms with van der Waals surface area (Å²) in [6, 6.07) is 0.538. The SMILES string of the molecule is Cn1cc(CCCN=C(N)NC2CCCCC2)cn1. The van der Waals surface area contributed by atoms with E-state index in [2.05, 4.69) is 15.4 Å². The molecule has 1 heterocycles. The molecule has 1 aromatic heterocycles. The fraction of sp³-hybridized carbons (Fsp3) is 0.714. The van der Waals surface area contributed by atoms with Gasteiger partial charge in [-0.3, -0.25) is 9.67 Å². The molecule has 5 heteroatoms. The van der Waals surface area contributed by atoms with Crippen molar-refractivity contribution in [3.63, 3.8) is 0 Å². The van der Waals surface area contributed by atoms with Crippen molar-refractivity contribution in [1.29, 1.82) is 0 Å². The Bertz CT molecular complexity index is 404. The highest BCUT2D eigenvalue weighted by molar-refractivity contribution is 5.78. The summed E-state index contributed by atoms with van der Waals surface area (Å²) in [4.78, 5) is 4.40. The van der Waals surface area contributed by atoms with Gasteiger partial charge in [0.2, 0.25) is 0 Å². The van der Waals surface area contributed by atoms with Gasteiger partial charge >= 0.3 is 0 Å². The van der Waals surface area contributed by atoms with Crippen LogP contribution in [0.25, 0.3) is 0 Å². The van der Waals surface area contributed by atoms with Gasteiger partial charge in [0, 0.05) is 25.8 Å². The van der Waals surface area contributed by atoms with Crippen LogP contribution >= 0.6 is 0 Å². The highest BCUT2D eigenvalue weighted by Crippen LogP contribution is 2.16. The third kappa shape index (κ3) is 4.93. The van der Waals surface area contributed by atoms with Gasteiger partial charge in [-0.1, -0.05) is 19.3 Å². The molecule has 0 unspecified atom stereocenters. The Balaban J connectivity index is 1.63. The van der Waals surface area contributed by atoms with E-state index in [4.69, 9.17) is 5.73 Å². The van der Waals surface area contributed by atoms with Crippen LogP contribution in [0.2, 0.25) is 0 Å². The first-order valence-electron chi connectivity index (χ1n) is 7.28. The Morgan fingerprint density at radius 2 is 2.26 bits per heavy atom. The summed E-state index contributed by atoms with van der Waals surface area (Å²) in [5, 5.41) is 7.48. The van der Waals surface area contributed by atoms with Gasteiger partial charge in [-0.05, 0) is 31.2 Å². The smallest absolute Gasteiger partial charge is 0.188 e. The average Bonchev–Trinajstić information content (AvgIpc) is 2.82. The van der Waals surface area contributed by atoms with Crippen LogP contribution in [0.15, 0.2) is 17.4 Å². The fourth-order valence-corrected chi connectivity index (χ4v) is 2.59. The van der Waals surface area contributed by atoms with Crippen molar-refractivity contribution in [3.8, 4) is 0 Å². The number of rotatable bonds is 5. The molecule has 1 aliphatic rings. The molecule has 2 rings (SSSR count). The minimum absolute atomic E-state index is 0.538. The lowest BCUT2D eigenvalue weighted by Crippen LogP contribution is -2.41. The van der Waals surface area contributed by atoms with Crippen LogP contribution in [0, 0.1) is 0 Å². The Kier molecular flexibility index (Phi) is 5.24. The molecule has 0 saturated heterocycles. The Labute approximate surface area is 115 Å². The van der Waals surface area contributed by atoms with E-state index in [0.29, 0.717) is 12.0 Å². The molecule has 1 aliphatic carbocycles. The highest BCUT2D eigenvalue weighted by atomic mass is 15.2. The van der Waals surface area contributed by atoms with Crippen molar-refractivity contribution in [3.05, 3.63) is 18.0 Å². The topological polar surface area (TPSA) is 68.2 Å². The van der Waals surface area contributed by atoms with Crippen LogP contribution in [0.4, 0.5) is 0 Å². The molecule has 0 amide bonds. The van der Waals surface area contributed by atoms with E-state index in [-0.39, 0.29) is 0 Å². The number of guanidine groups is 1. The number of aryl methyl sites for hydroxylation is 2. The molecule has 5 nitrogen and oxygen atoms in total. The van der Waals surface area contributed by atoms with Gasteiger partial charge in [-0.2, -0.15) is 5.10 Å². The van der Waals surface area contributed by atoms with E-state index in [1.54, 1.807) is 0 Å². The van der Waals surface area contributed by atoms with Crippen molar-refractivity contribution in [2.75, 3.05) is 6.54 Å². The molecule has 0 radical (unpaired) electrons. The fourth-order valence-electron chi connectivity index (χ4n) is 2.59. The van der Waals surface area contributed by atoms with Crippen molar-refractivity contribution in [2.45, 2.75) is 51.0 Å². The molecule has 0 spiro atoms. The van der Waals surface area contributed by atoms with E-state index in [9.17, 15) is 0 Å². The number of nitrogens with one attached hydrogen (secondary N) is 1. The second kappa shape index (κ2) is 7.16. The minimum Gasteiger partial charge on any atom is -0.370 e. The zero-order valence-electron chi connectivity index (χ0n) is 11.8. The van der Waals surface area contributed by atoms with E-state index in [1.807, 2.05) is 24.1 Å². The van der Waals surface area contributed by atoms with E-state index in [0.717, 1.165) is 19.4 Å². The molecule has 0 aliphatic heterocycles. The summed E-state index contributed by atoms with van der Waals surface area (Å²) in [5.41, 5.74) is 7.17. The predicted octanol–water partition coefficient (Wildman–Crippen LogP) is 1.59. The Hall–Kier alpha value is -1.52. The first-order chi connectivity index (χ1) is 9.24. The maximum absolute atomic E-state index is 5.91. The number of nitrogens with two attached hydrogens (primary N) is 1. The van der Waals surface area contributed by atoms with Crippen LogP contribution in [-0.2, 0) is 13.5 Å². The van der Waals surface area contributed by atoms with Gasteiger partial charge in [0.1, 0.15) is 0 Å². The summed E-state index contributed by atoms with van der Waals surface area (Å²) in [6.45, 7) is 0.778. The summed E-state index contributed by atoms with van der Waals surface area (Å²) >= 11 is 0. The molecule has 19 heavy (non-hydrogen) atoms. The summed E-state index contributed by atoms with van der Waals surface area (Å²) in [7, 11) is 1.94. The Morgan fingerprint density at radius 3 is 2.95 bits per heavy atom. The van der Waals surface area contributed by atoms with Gasteiger partial charge in [-0.15, -0.1) is 0 Å². The molecule has 0 bridgehead atoms. The van der Waals surface area contributed by atoms with Crippen LogP contribution in [0.3, 0.4) is 0 Å². The molecule has 3 N–H and O–H groups in total. The lowest BCUT2D eigenvalue weighted by Gasteiger charge is -2.23. The zero-order valence-corrected chi connectivity index (χ0v) is 11.8. The van der Waals surface area contributed by atoms with Crippen molar-refractivity contribution in [1.82, 2.24) is 15.1 Å². The molecular formula is C14H25N5. The first kappa shape index (κ1) is 13.9. The molecule has 1 aromatic rings. The second-order valence-electron chi connectivity index (χ2n) is 5.37. The lowest BCUT2D eigenvalue weighted by atomic mass is 9.96. The average molecular weight is 263 g/mol. The van der Waals surface area contributed by atoms with Crippen molar-refractivity contribution < 1.29 is 0 Å². The summed E-state index contributed by atoms with van der Waals surface area (Å²) in [5.74, 6) is 0.609. The second-order valence-corrected chi connectivity index (χ2v) is 5.37. The number of aromatic nitrogens is 2. The number of nitrogens with zero attached hydrogens (tertiary/aromatic N) is 3. The molecule has 106 valence electrons. The summed E-state index contributed by atoms with van der Waals surface area (Å²) < 4.78 is 1.83. The van der Waals surface area contributed by atoms with Crippen LogP contribution in [0.5, 0.6) is 0 Å². The Morgan fingerprint density at radius 1 is 1.47 bits per heavy atom. The van der Waals surface area contributed by atoms with Gasteiger partial charge < -0.3 is 11.1 Å². The van der Waals surface area contributed by atoms with Crippen molar-refractivity contribution in [2.24, 2.45) is 17.8 Å². The first-order valence-corrected chi connectivity index (χ1v) is 7.28. The highest BCUT2D eigenvalue weighted by Gasteiger charge is 2.12. The third-order valence-corrected chi connectivity index (χ3v) is 3.62. The van der Waals surface area contributed by atoms with Crippen LogP contribution < -0.4 is 11.1 Å². The van der Waals surface area contributed by atoms with Gasteiger partial charge in [0.15, 0.2) is 5.96 Å². The predicted molar refractivity (Wildman–Crippen MR) is 78.0 cm³/mol. The molecule has 0 atom stereocenters. The van der Waals surface area contributed by atoms with Crippen LogP contribution in [0.1, 0.15) is 44.1 Å². The molecule has 0 aromatic carbocycles. The summed E-state index contributed by atoms with van der Waals surface area (Å²) in [6.07, 6.45) is 12.4. The zero-order chi connectivity index (χ0) is 13.5. The van der Waals surface area contributed by atoms with Crippen LogP contribution in [-0.4, -0.2) is 28.3 Å². The largest absolute Gasteiger partial charge is 0.370 e. The molecule has 1 fully saturated rings. The number of aliphatic imine (C=N–C) groups is 1. The van der Waals surface area contributed by atoms with E-state index >= 15 is 0 Å². The number of hydrogen-bond donors (Lipinski definition) is 2. The molecular weight excluding hydrogens is 238 g/mol. The maximum atomic E-state index is 5.91. The lowest BCUT2D eigenvalue weighted by molar-refractivity contribution is 0.412. The van der Waals surface area contributed by atoms with E-state index in [1.165, 1.54) is 37.7 Å². The maximum Gasteiger partial charge on any atom is 0.188 e. The van der Waals surface area contributed by atoms with Gasteiger partial charge in [0.05, 0.1) is 6.20 Å². The van der Waals surface area contributed by atoms with Gasteiger partial charge in [-0.25, -0.2) is 0 Å². The molecule has 1 saturated carbocycles. The van der Waals surface area contributed by atoms with E-state index < -0.39 is 0 Å². The third-order valence-electron chi connectivity index (χ3n) is 3.62. The van der Waals surface area contributed by atoms with Gasteiger partial charge in [0.25, 0.3) is 0 Å². The normalized spacial score (nSPS) is 17.6. The van der Waals surface area contributed by atoms with Crippen molar-refractivity contribution >= 4 is 5.96 Å². The monoisotopic (exact) mass is 263 g/mol. The quantitative estimate of drug-likeness (QED) is 0.481.